The number of fused-ring (bicyclic) bond motifs is 1. The third kappa shape index (κ3) is 1.51. The minimum atomic E-state index is 0.326. The quantitative estimate of drug-likeness (QED) is 0.728. The van der Waals surface area contributed by atoms with E-state index in [1.54, 1.807) is 0 Å². The molecule has 1 saturated carbocycles. The zero-order valence-corrected chi connectivity index (χ0v) is 10.3. The number of para-hydroxylation sites is 1. The molecule has 0 unspecified atom stereocenters. The predicted molar refractivity (Wildman–Crippen MR) is 69.7 cm³/mol. The molecule has 1 aliphatic carbocycles. The first-order valence-electron chi connectivity index (χ1n) is 6.32. The van der Waals surface area contributed by atoms with Crippen LogP contribution in [0, 0.1) is 0 Å². The SMILES string of the molecule is CC(C)n1c(C=O)c(C2CC2)c2ccccc21. The molecule has 17 heavy (non-hydrogen) atoms. The van der Waals surface area contributed by atoms with Crippen molar-refractivity contribution < 1.29 is 4.79 Å². The average Bonchev–Trinajstić information content (AvgIpc) is 3.09. The fourth-order valence-corrected chi connectivity index (χ4v) is 2.79. The summed E-state index contributed by atoms with van der Waals surface area (Å²) in [5, 5.41) is 1.27. The van der Waals surface area contributed by atoms with Gasteiger partial charge in [-0.2, -0.15) is 0 Å². The Morgan fingerprint density at radius 2 is 2.00 bits per heavy atom. The van der Waals surface area contributed by atoms with Crippen LogP contribution in [0.3, 0.4) is 0 Å². The van der Waals surface area contributed by atoms with Gasteiger partial charge in [0.15, 0.2) is 6.29 Å². The molecule has 0 spiro atoms. The smallest absolute Gasteiger partial charge is 0.166 e. The molecular weight excluding hydrogens is 210 g/mol. The Bertz CT molecular complexity index is 537. The fraction of sp³-hybridized carbons (Fsp3) is 0.400. The van der Waals surface area contributed by atoms with Crippen LogP contribution in [-0.4, -0.2) is 10.9 Å². The van der Waals surface area contributed by atoms with Crippen LogP contribution in [0.1, 0.15) is 54.7 Å². The molecule has 2 heteroatoms. The molecule has 0 atom stereocenters. The van der Waals surface area contributed by atoms with E-state index in [1.807, 2.05) is 6.07 Å². The zero-order valence-electron chi connectivity index (χ0n) is 10.3. The van der Waals surface area contributed by atoms with Gasteiger partial charge in [-0.15, -0.1) is 0 Å². The van der Waals surface area contributed by atoms with Gasteiger partial charge in [0.2, 0.25) is 0 Å². The minimum Gasteiger partial charge on any atom is -0.336 e. The molecule has 2 aromatic rings. The Balaban J connectivity index is 2.40. The summed E-state index contributed by atoms with van der Waals surface area (Å²) in [6, 6.07) is 8.70. The molecule has 0 bridgehead atoms. The molecule has 3 rings (SSSR count). The van der Waals surface area contributed by atoms with Gasteiger partial charge in [0.1, 0.15) is 0 Å². The molecule has 0 amide bonds. The van der Waals surface area contributed by atoms with Crippen LogP contribution in [0.4, 0.5) is 0 Å². The summed E-state index contributed by atoms with van der Waals surface area (Å²) in [4.78, 5) is 11.4. The molecule has 1 aromatic carbocycles. The molecule has 88 valence electrons. The summed E-state index contributed by atoms with van der Waals surface area (Å²) < 4.78 is 2.18. The van der Waals surface area contributed by atoms with Crippen molar-refractivity contribution in [3.63, 3.8) is 0 Å². The van der Waals surface area contributed by atoms with E-state index in [-0.39, 0.29) is 0 Å². The summed E-state index contributed by atoms with van der Waals surface area (Å²) in [6.45, 7) is 4.27. The van der Waals surface area contributed by atoms with Crippen molar-refractivity contribution in [2.75, 3.05) is 0 Å². The Hall–Kier alpha value is -1.57. The van der Waals surface area contributed by atoms with E-state index in [2.05, 4.69) is 36.6 Å². The van der Waals surface area contributed by atoms with Crippen LogP contribution in [0.2, 0.25) is 0 Å². The van der Waals surface area contributed by atoms with Gasteiger partial charge in [-0.3, -0.25) is 4.79 Å². The first-order chi connectivity index (χ1) is 8.24. The van der Waals surface area contributed by atoms with Crippen LogP contribution < -0.4 is 0 Å². The topological polar surface area (TPSA) is 22.0 Å². The van der Waals surface area contributed by atoms with Gasteiger partial charge in [0.05, 0.1) is 5.69 Å². The number of carbonyl (C=O) groups is 1. The zero-order chi connectivity index (χ0) is 12.0. The van der Waals surface area contributed by atoms with Gasteiger partial charge in [0, 0.05) is 16.9 Å². The Morgan fingerprint density at radius 3 is 2.59 bits per heavy atom. The number of aldehydes is 1. The van der Waals surface area contributed by atoms with E-state index in [9.17, 15) is 4.79 Å². The lowest BCUT2D eigenvalue weighted by Gasteiger charge is -2.11. The monoisotopic (exact) mass is 227 g/mol. The van der Waals surface area contributed by atoms with Gasteiger partial charge in [-0.05, 0) is 44.2 Å². The second-order valence-electron chi connectivity index (χ2n) is 5.17. The van der Waals surface area contributed by atoms with Crippen molar-refractivity contribution in [3.8, 4) is 0 Å². The molecule has 0 radical (unpaired) electrons. The van der Waals surface area contributed by atoms with Crippen LogP contribution in [0.15, 0.2) is 24.3 Å². The lowest BCUT2D eigenvalue weighted by Crippen LogP contribution is -2.05. The van der Waals surface area contributed by atoms with Crippen LogP contribution in [-0.2, 0) is 0 Å². The molecule has 0 aliphatic heterocycles. The maximum atomic E-state index is 11.4. The molecule has 2 nitrogen and oxygen atoms in total. The maximum Gasteiger partial charge on any atom is 0.166 e. The summed E-state index contributed by atoms with van der Waals surface area (Å²) in [6.07, 6.45) is 3.49. The lowest BCUT2D eigenvalue weighted by molar-refractivity contribution is 0.111. The number of hydrogen-bond acceptors (Lipinski definition) is 1. The van der Waals surface area contributed by atoms with E-state index < -0.39 is 0 Å². The van der Waals surface area contributed by atoms with Gasteiger partial charge in [0.25, 0.3) is 0 Å². The normalized spacial score (nSPS) is 15.7. The molecule has 1 fully saturated rings. The third-order valence-electron chi connectivity index (χ3n) is 3.60. The molecule has 1 aromatic heterocycles. The number of rotatable bonds is 3. The van der Waals surface area contributed by atoms with E-state index in [1.165, 1.54) is 29.3 Å². The van der Waals surface area contributed by atoms with Crippen molar-refractivity contribution in [1.29, 1.82) is 0 Å². The van der Waals surface area contributed by atoms with Crippen LogP contribution >= 0.6 is 0 Å². The van der Waals surface area contributed by atoms with Crippen molar-refractivity contribution >= 4 is 17.2 Å². The molecule has 1 aliphatic rings. The highest BCUT2D eigenvalue weighted by atomic mass is 16.1. The largest absolute Gasteiger partial charge is 0.336 e. The van der Waals surface area contributed by atoms with E-state index >= 15 is 0 Å². The molecule has 0 N–H and O–H groups in total. The standard InChI is InChI=1S/C15H17NO/c1-10(2)16-13-6-4-3-5-12(13)15(11-7-8-11)14(16)9-17/h3-6,9-11H,7-8H2,1-2H3. The number of hydrogen-bond donors (Lipinski definition) is 0. The lowest BCUT2D eigenvalue weighted by atomic mass is 10.1. The number of nitrogens with zero attached hydrogens (tertiary/aromatic N) is 1. The van der Waals surface area contributed by atoms with Gasteiger partial charge in [-0.1, -0.05) is 18.2 Å². The summed E-state index contributed by atoms with van der Waals surface area (Å²) in [7, 11) is 0. The Kier molecular flexibility index (Phi) is 2.32. The van der Waals surface area contributed by atoms with Gasteiger partial charge < -0.3 is 4.57 Å². The molecule has 0 saturated heterocycles. The third-order valence-corrected chi connectivity index (χ3v) is 3.60. The van der Waals surface area contributed by atoms with Crippen molar-refractivity contribution in [2.24, 2.45) is 0 Å². The summed E-state index contributed by atoms with van der Waals surface area (Å²) >= 11 is 0. The predicted octanol–water partition coefficient (Wildman–Crippen LogP) is 3.91. The summed E-state index contributed by atoms with van der Waals surface area (Å²) in [5.74, 6) is 0.611. The van der Waals surface area contributed by atoms with Gasteiger partial charge >= 0.3 is 0 Å². The molecular formula is C15H17NO. The van der Waals surface area contributed by atoms with Crippen molar-refractivity contribution in [3.05, 3.63) is 35.5 Å². The highest BCUT2D eigenvalue weighted by Gasteiger charge is 2.31. The second-order valence-corrected chi connectivity index (χ2v) is 5.17. The van der Waals surface area contributed by atoms with E-state index in [4.69, 9.17) is 0 Å². The fourth-order valence-electron chi connectivity index (χ4n) is 2.79. The first kappa shape index (κ1) is 10.6. The van der Waals surface area contributed by atoms with E-state index in [0.29, 0.717) is 12.0 Å². The van der Waals surface area contributed by atoms with Crippen molar-refractivity contribution in [1.82, 2.24) is 4.57 Å². The molecule has 1 heterocycles. The number of benzene rings is 1. The van der Waals surface area contributed by atoms with Crippen LogP contribution in [0.25, 0.3) is 10.9 Å². The number of aromatic nitrogens is 1. The Labute approximate surface area is 101 Å². The highest BCUT2D eigenvalue weighted by Crippen LogP contribution is 2.46. The first-order valence-corrected chi connectivity index (χ1v) is 6.32. The minimum absolute atomic E-state index is 0.326. The van der Waals surface area contributed by atoms with E-state index in [0.717, 1.165) is 12.0 Å². The number of carbonyl (C=O) groups excluding carboxylic acids is 1. The Morgan fingerprint density at radius 1 is 1.29 bits per heavy atom. The van der Waals surface area contributed by atoms with Crippen molar-refractivity contribution in [2.45, 2.75) is 38.6 Å². The average molecular weight is 227 g/mol. The summed E-state index contributed by atoms with van der Waals surface area (Å²) in [5.41, 5.74) is 3.37. The van der Waals surface area contributed by atoms with Gasteiger partial charge in [-0.25, -0.2) is 0 Å². The van der Waals surface area contributed by atoms with Crippen LogP contribution in [0.5, 0.6) is 0 Å². The highest BCUT2D eigenvalue weighted by molar-refractivity contribution is 5.94. The maximum absolute atomic E-state index is 11.4. The second kappa shape index (κ2) is 3.73.